The molecule has 0 aliphatic carbocycles. The molecule has 1 aromatic heterocycles. The Labute approximate surface area is 232 Å². The van der Waals surface area contributed by atoms with Crippen molar-refractivity contribution in [1.29, 1.82) is 0 Å². The third-order valence-corrected chi connectivity index (χ3v) is 8.11. The summed E-state index contributed by atoms with van der Waals surface area (Å²) < 4.78 is 6.37. The van der Waals surface area contributed by atoms with Crippen LogP contribution in [-0.4, -0.2) is 0 Å². The highest BCUT2D eigenvalue weighted by molar-refractivity contribution is 6.22. The molecule has 188 valence electrons. The maximum Gasteiger partial charge on any atom is 0.136 e. The highest BCUT2D eigenvalue weighted by Crippen LogP contribution is 2.45. The minimum absolute atomic E-state index is 0.909. The third kappa shape index (κ3) is 3.48. The Bertz CT molecular complexity index is 2160. The minimum Gasteiger partial charge on any atom is -0.456 e. The summed E-state index contributed by atoms with van der Waals surface area (Å²) in [6, 6.07) is 50.1. The zero-order chi connectivity index (χ0) is 26.6. The second-order valence-corrected chi connectivity index (χ2v) is 10.6. The van der Waals surface area contributed by atoms with E-state index in [2.05, 4.69) is 146 Å². The molecule has 0 spiro atoms. The molecule has 0 N–H and O–H groups in total. The zero-order valence-electron chi connectivity index (χ0n) is 22.2. The fourth-order valence-corrected chi connectivity index (χ4v) is 6.39. The van der Waals surface area contributed by atoms with Gasteiger partial charge in [-0.05, 0) is 80.0 Å². The number of hydrogen-bond donors (Lipinski definition) is 0. The normalized spacial score (nSPS) is 11.6. The fourth-order valence-electron chi connectivity index (χ4n) is 6.39. The number of fused-ring (bicyclic) bond motifs is 5. The molecular formula is C39H26O. The molecule has 8 rings (SSSR count). The summed E-state index contributed by atoms with van der Waals surface area (Å²) in [5.74, 6) is 0. The van der Waals surface area contributed by atoms with Crippen LogP contribution in [0.1, 0.15) is 5.56 Å². The first-order valence-corrected chi connectivity index (χ1v) is 13.8. The van der Waals surface area contributed by atoms with E-state index < -0.39 is 0 Å². The van der Waals surface area contributed by atoms with Gasteiger partial charge in [0.2, 0.25) is 0 Å². The van der Waals surface area contributed by atoms with Gasteiger partial charge < -0.3 is 4.42 Å². The second-order valence-electron chi connectivity index (χ2n) is 10.6. The Morgan fingerprint density at radius 1 is 0.400 bits per heavy atom. The van der Waals surface area contributed by atoms with Crippen LogP contribution in [0.25, 0.3) is 76.9 Å². The van der Waals surface area contributed by atoms with Gasteiger partial charge in [0.25, 0.3) is 0 Å². The van der Waals surface area contributed by atoms with Crippen LogP contribution in [0.2, 0.25) is 0 Å². The molecule has 40 heavy (non-hydrogen) atoms. The molecule has 0 saturated heterocycles. The van der Waals surface area contributed by atoms with Crippen molar-refractivity contribution in [3.8, 4) is 33.4 Å². The van der Waals surface area contributed by atoms with Crippen molar-refractivity contribution < 1.29 is 4.42 Å². The van der Waals surface area contributed by atoms with Crippen LogP contribution in [0.3, 0.4) is 0 Å². The van der Waals surface area contributed by atoms with E-state index in [9.17, 15) is 0 Å². The second kappa shape index (κ2) is 8.97. The van der Waals surface area contributed by atoms with Gasteiger partial charge in [0.15, 0.2) is 0 Å². The van der Waals surface area contributed by atoms with E-state index in [0.717, 1.165) is 21.9 Å². The molecule has 0 saturated carbocycles. The van der Waals surface area contributed by atoms with Crippen molar-refractivity contribution in [3.63, 3.8) is 0 Å². The monoisotopic (exact) mass is 510 g/mol. The van der Waals surface area contributed by atoms with Crippen molar-refractivity contribution in [1.82, 2.24) is 0 Å². The molecule has 0 amide bonds. The largest absolute Gasteiger partial charge is 0.456 e. The topological polar surface area (TPSA) is 13.1 Å². The van der Waals surface area contributed by atoms with E-state index in [-0.39, 0.29) is 0 Å². The van der Waals surface area contributed by atoms with E-state index in [4.69, 9.17) is 4.42 Å². The Balaban J connectivity index is 1.47. The van der Waals surface area contributed by atoms with E-state index in [0.29, 0.717) is 0 Å². The van der Waals surface area contributed by atoms with Gasteiger partial charge in [0.1, 0.15) is 11.2 Å². The van der Waals surface area contributed by atoms with Gasteiger partial charge in [-0.3, -0.25) is 0 Å². The first kappa shape index (κ1) is 22.8. The fraction of sp³-hybridized carbons (Fsp3) is 0.0256. The van der Waals surface area contributed by atoms with Crippen LogP contribution < -0.4 is 0 Å². The van der Waals surface area contributed by atoms with Crippen molar-refractivity contribution in [2.75, 3.05) is 0 Å². The Morgan fingerprint density at radius 2 is 0.975 bits per heavy atom. The summed E-state index contributed by atoms with van der Waals surface area (Å²) >= 11 is 0. The van der Waals surface area contributed by atoms with Crippen molar-refractivity contribution >= 4 is 43.5 Å². The van der Waals surface area contributed by atoms with Crippen LogP contribution in [0, 0.1) is 6.92 Å². The van der Waals surface area contributed by atoms with Gasteiger partial charge in [-0.1, -0.05) is 127 Å². The molecule has 0 unspecified atom stereocenters. The maximum absolute atomic E-state index is 6.37. The molecule has 1 heteroatoms. The van der Waals surface area contributed by atoms with Crippen LogP contribution in [0.4, 0.5) is 0 Å². The average Bonchev–Trinajstić information content (AvgIpc) is 3.38. The third-order valence-electron chi connectivity index (χ3n) is 8.11. The van der Waals surface area contributed by atoms with Crippen LogP contribution >= 0.6 is 0 Å². The number of hydrogen-bond acceptors (Lipinski definition) is 1. The van der Waals surface area contributed by atoms with Crippen LogP contribution in [-0.2, 0) is 0 Å². The van der Waals surface area contributed by atoms with Gasteiger partial charge in [0.05, 0.1) is 0 Å². The van der Waals surface area contributed by atoms with E-state index in [1.807, 2.05) is 0 Å². The highest BCUT2D eigenvalue weighted by Gasteiger charge is 2.18. The van der Waals surface area contributed by atoms with Crippen LogP contribution in [0.15, 0.2) is 144 Å². The zero-order valence-corrected chi connectivity index (χ0v) is 22.2. The minimum atomic E-state index is 0.909. The molecule has 8 aromatic rings. The molecule has 1 heterocycles. The van der Waals surface area contributed by atoms with E-state index in [1.165, 1.54) is 60.5 Å². The van der Waals surface area contributed by atoms with Gasteiger partial charge in [-0.25, -0.2) is 0 Å². The first-order valence-electron chi connectivity index (χ1n) is 13.8. The average molecular weight is 511 g/mol. The smallest absolute Gasteiger partial charge is 0.136 e. The first-order chi connectivity index (χ1) is 19.8. The quantitative estimate of drug-likeness (QED) is 0.215. The molecule has 0 fully saturated rings. The van der Waals surface area contributed by atoms with Crippen molar-refractivity contribution in [2.45, 2.75) is 6.92 Å². The molecule has 0 radical (unpaired) electrons. The lowest BCUT2D eigenvalue weighted by Crippen LogP contribution is -1.91. The Morgan fingerprint density at radius 3 is 1.62 bits per heavy atom. The molecule has 1 nitrogen and oxygen atoms in total. The lowest BCUT2D eigenvalue weighted by Gasteiger charge is -2.18. The number of aryl methyl sites for hydroxylation is 1. The van der Waals surface area contributed by atoms with Crippen molar-refractivity contribution in [3.05, 3.63) is 145 Å². The Kier molecular flexibility index (Phi) is 5.11. The van der Waals surface area contributed by atoms with Crippen LogP contribution in [0.5, 0.6) is 0 Å². The molecule has 7 aromatic carbocycles. The lowest BCUT2D eigenvalue weighted by atomic mass is 9.85. The summed E-state index contributed by atoms with van der Waals surface area (Å²) in [7, 11) is 0. The van der Waals surface area contributed by atoms with Gasteiger partial charge in [-0.15, -0.1) is 0 Å². The van der Waals surface area contributed by atoms with E-state index in [1.54, 1.807) is 0 Å². The predicted octanol–water partition coefficient (Wildman–Crippen LogP) is 11.2. The highest BCUT2D eigenvalue weighted by atomic mass is 16.3. The lowest BCUT2D eigenvalue weighted by molar-refractivity contribution is 0.669. The van der Waals surface area contributed by atoms with Crippen molar-refractivity contribution in [2.24, 2.45) is 0 Å². The van der Waals surface area contributed by atoms with E-state index >= 15 is 0 Å². The van der Waals surface area contributed by atoms with Gasteiger partial charge >= 0.3 is 0 Å². The van der Waals surface area contributed by atoms with Gasteiger partial charge in [-0.2, -0.15) is 0 Å². The molecule has 0 bridgehead atoms. The molecule has 0 atom stereocenters. The van der Waals surface area contributed by atoms with Gasteiger partial charge in [0, 0.05) is 10.8 Å². The number of furan rings is 1. The molecular weight excluding hydrogens is 484 g/mol. The summed E-state index contributed by atoms with van der Waals surface area (Å²) in [6.07, 6.45) is 0. The molecule has 0 aliphatic heterocycles. The maximum atomic E-state index is 6.37. The summed E-state index contributed by atoms with van der Waals surface area (Å²) in [5, 5.41) is 7.35. The molecule has 0 aliphatic rings. The Hall–Kier alpha value is -5.14. The predicted molar refractivity (Wildman–Crippen MR) is 170 cm³/mol. The standard InChI is InChI=1S/C39H26O/c1-25-11-9-14-27(23-25)37-30-15-5-7-17-32(30)38(33-18-8-6-16-31(33)37)28-21-22-35-34(24-28)39-29(19-10-20-36(39)40-35)26-12-3-2-4-13-26/h2-24H,1H3. The number of benzene rings is 7. The summed E-state index contributed by atoms with van der Waals surface area (Å²) in [5.41, 5.74) is 10.5. The SMILES string of the molecule is Cc1cccc(-c2c3ccccc3c(-c3ccc4oc5cccc(-c6ccccc6)c5c4c3)c3ccccc23)c1. The summed E-state index contributed by atoms with van der Waals surface area (Å²) in [6.45, 7) is 2.16. The number of rotatable bonds is 3. The summed E-state index contributed by atoms with van der Waals surface area (Å²) in [4.78, 5) is 0.